The number of allylic oxidation sites excluding steroid dienone is 8. The lowest BCUT2D eigenvalue weighted by atomic mass is 9.98. The highest BCUT2D eigenvalue weighted by Crippen LogP contribution is 2.27. The molecule has 0 spiro atoms. The van der Waals surface area contributed by atoms with Gasteiger partial charge in [0.1, 0.15) is 55.4 Å². The van der Waals surface area contributed by atoms with E-state index < -0.39 is 92.7 Å². The van der Waals surface area contributed by atoms with Gasteiger partial charge in [0.2, 0.25) is 0 Å². The predicted octanol–water partition coefficient (Wildman–Crippen LogP) is 10.6. The van der Waals surface area contributed by atoms with Crippen LogP contribution >= 0.6 is 0 Å². The van der Waals surface area contributed by atoms with Crippen molar-refractivity contribution in [3.05, 3.63) is 48.6 Å². The van der Waals surface area contributed by atoms with Gasteiger partial charge in [-0.1, -0.05) is 217 Å². The van der Waals surface area contributed by atoms with Crippen LogP contribution in [0.3, 0.4) is 0 Å². The fourth-order valence-electron chi connectivity index (χ4n) is 9.45. The number of esters is 2. The fraction of sp³-hybridized carbons (Fsp3) is 0.836. The maximum Gasteiger partial charge on any atom is 0.306 e. The fourth-order valence-corrected chi connectivity index (χ4v) is 9.45. The summed E-state index contributed by atoms with van der Waals surface area (Å²) < 4.78 is 33.7. The SMILES string of the molecule is CC/C=C\C/C=C\C/C=C\C/C=C\CCCCCCCCC(=O)OC(COC(=O)CCCCCCCCCCCCCCCCCCCCCCC)COC1OC(COC2OC(CO)C(O)C(O)C2O)C(O)C(O)C1O. The van der Waals surface area contributed by atoms with Crippen LogP contribution in [0.4, 0.5) is 0 Å². The first-order chi connectivity index (χ1) is 37.0. The molecular weight excluding hydrogens is 973 g/mol. The van der Waals surface area contributed by atoms with E-state index in [1.807, 2.05) is 0 Å². The summed E-state index contributed by atoms with van der Waals surface area (Å²) in [5.41, 5.74) is 0. The minimum Gasteiger partial charge on any atom is -0.462 e. The number of hydrogen-bond acceptors (Lipinski definition) is 15. The third-order valence-corrected chi connectivity index (χ3v) is 14.3. The van der Waals surface area contributed by atoms with E-state index in [4.69, 9.17) is 28.4 Å². The van der Waals surface area contributed by atoms with Gasteiger partial charge in [-0.25, -0.2) is 0 Å². The van der Waals surface area contributed by atoms with Crippen molar-refractivity contribution in [1.29, 1.82) is 0 Å². The number of ether oxygens (including phenoxy) is 6. The third-order valence-electron chi connectivity index (χ3n) is 14.3. The van der Waals surface area contributed by atoms with Crippen molar-refractivity contribution in [1.82, 2.24) is 0 Å². The molecule has 11 unspecified atom stereocenters. The zero-order valence-corrected chi connectivity index (χ0v) is 47.2. The van der Waals surface area contributed by atoms with Crippen molar-refractivity contribution < 1.29 is 73.8 Å². The Morgan fingerprint density at radius 3 is 1.30 bits per heavy atom. The van der Waals surface area contributed by atoms with E-state index in [9.17, 15) is 45.3 Å². The molecule has 0 saturated carbocycles. The van der Waals surface area contributed by atoms with E-state index in [-0.39, 0.29) is 26.1 Å². The summed E-state index contributed by atoms with van der Waals surface area (Å²) in [5.74, 6) is -0.932. The van der Waals surface area contributed by atoms with Crippen LogP contribution in [-0.2, 0) is 38.0 Å². The number of carbonyl (C=O) groups excluding carboxylic acids is 2. The topological polar surface area (TPSA) is 231 Å². The second-order valence-corrected chi connectivity index (χ2v) is 21.2. The molecule has 442 valence electrons. The summed E-state index contributed by atoms with van der Waals surface area (Å²) in [4.78, 5) is 25.9. The van der Waals surface area contributed by atoms with Crippen molar-refractivity contribution in [3.8, 4) is 0 Å². The highest BCUT2D eigenvalue weighted by Gasteiger charge is 2.47. The van der Waals surface area contributed by atoms with E-state index in [2.05, 4.69) is 62.5 Å². The number of carbonyl (C=O) groups is 2. The number of aliphatic hydroxyl groups excluding tert-OH is 7. The summed E-state index contributed by atoms with van der Waals surface area (Å²) in [5, 5.41) is 72.3. The van der Waals surface area contributed by atoms with E-state index in [0.29, 0.717) is 12.8 Å². The molecule has 2 rings (SSSR count). The van der Waals surface area contributed by atoms with Crippen molar-refractivity contribution in [3.63, 3.8) is 0 Å². The summed E-state index contributed by atoms with van der Waals surface area (Å²) in [6.45, 7) is 2.50. The van der Waals surface area contributed by atoms with E-state index >= 15 is 0 Å². The minimum atomic E-state index is -1.77. The molecule has 0 amide bonds. The van der Waals surface area contributed by atoms with Crippen molar-refractivity contribution >= 4 is 11.9 Å². The monoisotopic (exact) mass is 1080 g/mol. The van der Waals surface area contributed by atoms with Gasteiger partial charge in [-0.3, -0.25) is 9.59 Å². The second kappa shape index (κ2) is 47.3. The summed E-state index contributed by atoms with van der Waals surface area (Å²) in [6, 6.07) is 0. The first-order valence-corrected chi connectivity index (χ1v) is 30.2. The lowest BCUT2D eigenvalue weighted by Crippen LogP contribution is -2.61. The largest absolute Gasteiger partial charge is 0.462 e. The third kappa shape index (κ3) is 33.8. The molecule has 15 heteroatoms. The van der Waals surface area contributed by atoms with Gasteiger partial charge in [0.15, 0.2) is 18.7 Å². The number of rotatable bonds is 48. The van der Waals surface area contributed by atoms with Crippen LogP contribution in [0, 0.1) is 0 Å². The molecule has 2 aliphatic heterocycles. The lowest BCUT2D eigenvalue weighted by Gasteiger charge is -2.42. The van der Waals surface area contributed by atoms with Crippen LogP contribution in [0.15, 0.2) is 48.6 Å². The highest BCUT2D eigenvalue weighted by molar-refractivity contribution is 5.70. The van der Waals surface area contributed by atoms with Crippen LogP contribution in [-0.4, -0.2) is 142 Å². The molecule has 2 aliphatic rings. The molecule has 2 heterocycles. The molecule has 0 radical (unpaired) electrons. The first kappa shape index (κ1) is 69.6. The predicted molar refractivity (Wildman–Crippen MR) is 298 cm³/mol. The summed E-state index contributed by atoms with van der Waals surface area (Å²) >= 11 is 0. The number of aliphatic hydroxyl groups is 7. The molecule has 0 aliphatic carbocycles. The molecule has 2 fully saturated rings. The van der Waals surface area contributed by atoms with Crippen molar-refractivity contribution in [2.45, 2.75) is 300 Å². The molecule has 0 bridgehead atoms. The standard InChI is InChI=1S/C61H108O15/c1-3-5-7-9-11-13-15-17-19-21-23-24-26-27-29-31-33-35-37-39-41-43-52(63)71-46-49(74-53(64)44-42-40-38-36-34-32-30-28-25-22-20-18-16-14-12-10-8-6-4-2)47-72-60-59(70)57(68)55(66)51(76-60)48-73-61-58(69)56(67)54(65)50(45-62)75-61/h6,8,12,14,18,20,25,28,49-51,54-62,65-70H,3-5,7,9-11,13,15-17,19,21-24,26-27,29-48H2,1-2H3/b8-6-,14-12-,20-18-,28-25-. The average Bonchev–Trinajstić information content (AvgIpc) is 3.41. The number of hydrogen-bond donors (Lipinski definition) is 7. The van der Waals surface area contributed by atoms with Crippen molar-refractivity contribution in [2.24, 2.45) is 0 Å². The van der Waals surface area contributed by atoms with Crippen LogP contribution in [0.5, 0.6) is 0 Å². The Balaban J connectivity index is 1.74. The van der Waals surface area contributed by atoms with E-state index in [1.54, 1.807) is 0 Å². The average molecular weight is 1080 g/mol. The Labute approximate surface area is 458 Å². The van der Waals surface area contributed by atoms with E-state index in [0.717, 1.165) is 83.5 Å². The van der Waals surface area contributed by atoms with Crippen molar-refractivity contribution in [2.75, 3.05) is 26.4 Å². The zero-order chi connectivity index (χ0) is 55.3. The van der Waals surface area contributed by atoms with Gasteiger partial charge < -0.3 is 64.2 Å². The number of unbranched alkanes of at least 4 members (excludes halogenated alkanes) is 26. The van der Waals surface area contributed by atoms with Gasteiger partial charge >= 0.3 is 11.9 Å². The Morgan fingerprint density at radius 1 is 0.434 bits per heavy atom. The molecule has 0 aromatic rings. The Morgan fingerprint density at radius 2 is 0.829 bits per heavy atom. The van der Waals surface area contributed by atoms with E-state index in [1.165, 1.54) is 109 Å². The van der Waals surface area contributed by atoms with Crippen LogP contribution in [0.25, 0.3) is 0 Å². The molecular formula is C61H108O15. The lowest BCUT2D eigenvalue weighted by molar-refractivity contribution is -0.332. The maximum absolute atomic E-state index is 13.1. The summed E-state index contributed by atoms with van der Waals surface area (Å²) in [7, 11) is 0. The molecule has 11 atom stereocenters. The Bertz CT molecular complexity index is 1500. The van der Waals surface area contributed by atoms with Gasteiger partial charge in [0.05, 0.1) is 19.8 Å². The Hall–Kier alpha value is -2.54. The molecule has 0 aromatic heterocycles. The van der Waals surface area contributed by atoms with Crippen LogP contribution in [0.2, 0.25) is 0 Å². The molecule has 7 N–H and O–H groups in total. The molecule has 2 saturated heterocycles. The van der Waals surface area contributed by atoms with Crippen LogP contribution < -0.4 is 0 Å². The molecule has 0 aromatic carbocycles. The Kier molecular flexibility index (Phi) is 43.3. The van der Waals surface area contributed by atoms with Gasteiger partial charge in [-0.15, -0.1) is 0 Å². The minimum absolute atomic E-state index is 0.149. The smallest absolute Gasteiger partial charge is 0.306 e. The highest BCUT2D eigenvalue weighted by atomic mass is 16.7. The normalized spacial score (nSPS) is 24.6. The maximum atomic E-state index is 13.1. The molecule has 15 nitrogen and oxygen atoms in total. The first-order valence-electron chi connectivity index (χ1n) is 30.2. The van der Waals surface area contributed by atoms with Crippen LogP contribution in [0.1, 0.15) is 232 Å². The van der Waals surface area contributed by atoms with Gasteiger partial charge in [0.25, 0.3) is 0 Å². The quantitative estimate of drug-likeness (QED) is 0.0171. The molecule has 76 heavy (non-hydrogen) atoms. The van der Waals surface area contributed by atoms with Gasteiger partial charge in [0, 0.05) is 12.8 Å². The summed E-state index contributed by atoms with van der Waals surface area (Å²) in [6.07, 6.45) is 38.4. The zero-order valence-electron chi connectivity index (χ0n) is 47.2. The van der Waals surface area contributed by atoms with Gasteiger partial charge in [-0.05, 0) is 51.4 Å². The van der Waals surface area contributed by atoms with Gasteiger partial charge in [-0.2, -0.15) is 0 Å². The second-order valence-electron chi connectivity index (χ2n) is 21.2.